The lowest BCUT2D eigenvalue weighted by atomic mass is 9.71. The summed E-state index contributed by atoms with van der Waals surface area (Å²) in [4.78, 5) is 12.8. The fourth-order valence-corrected chi connectivity index (χ4v) is 4.86. The molecule has 1 amide bonds. The Morgan fingerprint density at radius 1 is 1.28 bits per heavy atom. The molecule has 158 valence electrons. The highest BCUT2D eigenvalue weighted by atomic mass is 32.2. The Kier molecular flexibility index (Phi) is 6.03. The number of sulfone groups is 1. The van der Waals surface area contributed by atoms with E-state index in [0.29, 0.717) is 17.4 Å². The summed E-state index contributed by atoms with van der Waals surface area (Å²) in [7, 11) is -1.97. The number of rotatable bonds is 6. The molecule has 0 bridgehead atoms. The molecule has 0 spiro atoms. The van der Waals surface area contributed by atoms with Gasteiger partial charge in [0.15, 0.2) is 15.5 Å². The molecule has 2 aromatic rings. The lowest BCUT2D eigenvalue weighted by Crippen LogP contribution is -2.32. The number of carbonyl (C=O) groups excluding carboxylic acids is 1. The second kappa shape index (κ2) is 8.18. The number of carbonyl (C=O) groups is 1. The monoisotopic (exact) mass is 419 g/mol. The highest BCUT2D eigenvalue weighted by Crippen LogP contribution is 2.37. The summed E-state index contributed by atoms with van der Waals surface area (Å²) < 4.78 is 30.0. The average molecular weight is 420 g/mol. The number of ether oxygens (including phenoxy) is 1. The van der Waals surface area contributed by atoms with Crippen molar-refractivity contribution in [1.82, 2.24) is 15.5 Å². The van der Waals surface area contributed by atoms with Gasteiger partial charge in [-0.15, -0.1) is 0 Å². The van der Waals surface area contributed by atoms with Crippen LogP contribution >= 0.6 is 0 Å². The van der Waals surface area contributed by atoms with Gasteiger partial charge in [0.25, 0.3) is 5.91 Å². The number of hydrogen-bond acceptors (Lipinski definition) is 5. The van der Waals surface area contributed by atoms with Crippen LogP contribution in [0.15, 0.2) is 29.2 Å². The summed E-state index contributed by atoms with van der Waals surface area (Å²) >= 11 is 0. The van der Waals surface area contributed by atoms with Gasteiger partial charge < -0.3 is 10.1 Å². The maximum atomic E-state index is 12.6. The predicted molar refractivity (Wildman–Crippen MR) is 111 cm³/mol. The molecule has 7 nitrogen and oxygen atoms in total. The number of nitrogens with zero attached hydrogens (tertiary/aromatic N) is 1. The minimum atomic E-state index is -3.49. The molecule has 2 N–H and O–H groups in total. The molecule has 0 saturated heterocycles. The molecule has 1 heterocycles. The second-order valence-corrected chi connectivity index (χ2v) is 10.7. The van der Waals surface area contributed by atoms with Gasteiger partial charge in [-0.25, -0.2) is 8.42 Å². The van der Waals surface area contributed by atoms with Crippen molar-refractivity contribution in [1.29, 1.82) is 0 Å². The van der Waals surface area contributed by atoms with Crippen molar-refractivity contribution in [3.63, 3.8) is 0 Å². The summed E-state index contributed by atoms with van der Waals surface area (Å²) in [5.41, 5.74) is 2.53. The molecule has 8 heteroatoms. The zero-order valence-corrected chi connectivity index (χ0v) is 18.2. The molecule has 0 radical (unpaired) electrons. The first kappa shape index (κ1) is 21.4. The summed E-state index contributed by atoms with van der Waals surface area (Å²) in [6, 6.07) is 6.22. The van der Waals surface area contributed by atoms with Crippen LogP contribution in [0, 0.1) is 11.3 Å². The third kappa shape index (κ3) is 4.80. The van der Waals surface area contributed by atoms with E-state index in [4.69, 9.17) is 4.74 Å². The van der Waals surface area contributed by atoms with Crippen molar-refractivity contribution in [3.8, 4) is 5.75 Å². The molecule has 0 aliphatic heterocycles. The van der Waals surface area contributed by atoms with Gasteiger partial charge in [-0.3, -0.25) is 9.89 Å². The van der Waals surface area contributed by atoms with E-state index in [9.17, 15) is 13.2 Å². The first-order chi connectivity index (χ1) is 13.6. The Morgan fingerprint density at radius 3 is 2.59 bits per heavy atom. The van der Waals surface area contributed by atoms with Crippen molar-refractivity contribution in [2.24, 2.45) is 11.3 Å². The molecule has 0 saturated carbocycles. The van der Waals surface area contributed by atoms with Crippen molar-refractivity contribution in [3.05, 3.63) is 41.2 Å². The Morgan fingerprint density at radius 2 is 1.97 bits per heavy atom. The van der Waals surface area contributed by atoms with Crippen molar-refractivity contribution in [2.45, 2.75) is 44.9 Å². The SMILES string of the molecule is COc1ccc(S(=O)(=O)CCNC(=O)c2n[nH]c3c2C[C@H](C(C)(C)C)CC3)cc1. The van der Waals surface area contributed by atoms with Gasteiger partial charge in [-0.05, 0) is 54.9 Å². The van der Waals surface area contributed by atoms with E-state index < -0.39 is 9.84 Å². The first-order valence-electron chi connectivity index (χ1n) is 9.83. The highest BCUT2D eigenvalue weighted by molar-refractivity contribution is 7.91. The van der Waals surface area contributed by atoms with E-state index in [-0.39, 0.29) is 28.5 Å². The summed E-state index contributed by atoms with van der Waals surface area (Å²) in [6.07, 6.45) is 2.76. The Balaban J connectivity index is 1.62. The summed E-state index contributed by atoms with van der Waals surface area (Å²) in [6.45, 7) is 6.67. The maximum Gasteiger partial charge on any atom is 0.272 e. The molecule has 1 aromatic heterocycles. The van der Waals surface area contributed by atoms with E-state index in [1.165, 1.54) is 19.2 Å². The molecular formula is C21H29N3O4S. The maximum absolute atomic E-state index is 12.6. The van der Waals surface area contributed by atoms with Gasteiger partial charge in [-0.2, -0.15) is 5.10 Å². The number of H-pyrrole nitrogens is 1. The van der Waals surface area contributed by atoms with Gasteiger partial charge in [0.2, 0.25) is 0 Å². The first-order valence-corrected chi connectivity index (χ1v) is 11.5. The third-order valence-corrected chi connectivity index (χ3v) is 7.39. The number of methoxy groups -OCH3 is 1. The lowest BCUT2D eigenvalue weighted by Gasteiger charge is -2.33. The molecule has 0 fully saturated rings. The Labute approximate surface area is 172 Å². The largest absolute Gasteiger partial charge is 0.497 e. The normalized spacial score (nSPS) is 16.9. The molecule has 1 aliphatic rings. The number of benzene rings is 1. The zero-order valence-electron chi connectivity index (χ0n) is 17.4. The summed E-state index contributed by atoms with van der Waals surface area (Å²) in [5, 5.41) is 9.90. The number of aromatic amines is 1. The fourth-order valence-electron chi connectivity index (χ4n) is 3.71. The quantitative estimate of drug-likeness (QED) is 0.750. The van der Waals surface area contributed by atoms with Gasteiger partial charge in [0.1, 0.15) is 5.75 Å². The minimum Gasteiger partial charge on any atom is -0.497 e. The lowest BCUT2D eigenvalue weighted by molar-refractivity contribution is 0.0949. The van der Waals surface area contributed by atoms with Crippen LogP contribution in [0.1, 0.15) is 48.9 Å². The number of amides is 1. The van der Waals surface area contributed by atoms with E-state index in [1.54, 1.807) is 12.1 Å². The van der Waals surface area contributed by atoms with Crippen LogP contribution in [0.4, 0.5) is 0 Å². The van der Waals surface area contributed by atoms with E-state index in [0.717, 1.165) is 30.5 Å². The third-order valence-electron chi connectivity index (χ3n) is 5.66. The molecular weight excluding hydrogens is 390 g/mol. The van der Waals surface area contributed by atoms with Crippen LogP contribution in [-0.4, -0.2) is 43.9 Å². The van der Waals surface area contributed by atoms with Gasteiger partial charge in [0, 0.05) is 17.8 Å². The van der Waals surface area contributed by atoms with Crippen LogP contribution in [0.2, 0.25) is 0 Å². The number of aryl methyl sites for hydroxylation is 1. The minimum absolute atomic E-state index is 0.0253. The zero-order chi connectivity index (χ0) is 21.2. The Bertz CT molecular complexity index is 972. The fraction of sp³-hybridized carbons (Fsp3) is 0.524. The van der Waals surface area contributed by atoms with Crippen molar-refractivity contribution < 1.29 is 17.9 Å². The van der Waals surface area contributed by atoms with Crippen LogP contribution in [0.3, 0.4) is 0 Å². The topological polar surface area (TPSA) is 101 Å². The predicted octanol–water partition coefficient (Wildman–Crippen LogP) is 2.77. The van der Waals surface area contributed by atoms with Gasteiger partial charge in [0.05, 0.1) is 17.8 Å². The van der Waals surface area contributed by atoms with E-state index >= 15 is 0 Å². The molecule has 3 rings (SSSR count). The van der Waals surface area contributed by atoms with Gasteiger partial charge >= 0.3 is 0 Å². The van der Waals surface area contributed by atoms with Crippen LogP contribution in [0.25, 0.3) is 0 Å². The standard InChI is InChI=1S/C21H29N3O4S/c1-21(2,3)14-5-10-18-17(13-14)19(24-23-18)20(25)22-11-12-29(26,27)16-8-6-15(28-4)7-9-16/h6-9,14H,5,10-13H2,1-4H3,(H,22,25)(H,23,24)/t14-/m1/s1. The Hall–Kier alpha value is -2.35. The number of nitrogens with one attached hydrogen (secondary N) is 2. The van der Waals surface area contributed by atoms with Crippen LogP contribution in [0.5, 0.6) is 5.75 Å². The van der Waals surface area contributed by atoms with E-state index in [1.807, 2.05) is 0 Å². The number of aromatic nitrogens is 2. The molecule has 1 atom stereocenters. The molecule has 1 aromatic carbocycles. The number of fused-ring (bicyclic) bond motifs is 1. The van der Waals surface area contributed by atoms with Crippen molar-refractivity contribution >= 4 is 15.7 Å². The molecule has 29 heavy (non-hydrogen) atoms. The highest BCUT2D eigenvalue weighted by Gasteiger charge is 2.32. The van der Waals surface area contributed by atoms with E-state index in [2.05, 4.69) is 36.3 Å². The number of hydrogen-bond donors (Lipinski definition) is 2. The summed E-state index contributed by atoms with van der Waals surface area (Å²) in [5.74, 6) is 0.563. The van der Waals surface area contributed by atoms with Crippen LogP contribution in [-0.2, 0) is 22.7 Å². The smallest absolute Gasteiger partial charge is 0.272 e. The van der Waals surface area contributed by atoms with Gasteiger partial charge in [-0.1, -0.05) is 20.8 Å². The van der Waals surface area contributed by atoms with Crippen molar-refractivity contribution in [2.75, 3.05) is 19.4 Å². The molecule has 1 aliphatic carbocycles. The molecule has 0 unspecified atom stereocenters. The second-order valence-electron chi connectivity index (χ2n) is 8.59. The van der Waals surface area contributed by atoms with Crippen LogP contribution < -0.4 is 10.1 Å². The average Bonchev–Trinajstić information content (AvgIpc) is 3.10.